The molecule has 0 atom stereocenters. The van der Waals surface area contributed by atoms with Crippen molar-refractivity contribution in [1.82, 2.24) is 9.78 Å². The van der Waals surface area contributed by atoms with Crippen LogP contribution in [-0.4, -0.2) is 29.2 Å². The Morgan fingerprint density at radius 3 is 2.48 bits per heavy atom. The Morgan fingerprint density at radius 2 is 1.84 bits per heavy atom. The standard InChI is InChI=1S/C26H31N3O2/c1-4-6-10-17-28(19-21-11-8-7-9-12-21)26-24(25(30)5-2)18-27-29(26)20-22-13-15-23(31-3)16-14-22/h5,7-9,11-16,18H,2,4,6,10,17,19-20H2,1,3H3. The van der Waals surface area contributed by atoms with Crippen molar-refractivity contribution in [3.8, 4) is 5.75 Å². The van der Waals surface area contributed by atoms with Gasteiger partial charge in [0.2, 0.25) is 0 Å². The van der Waals surface area contributed by atoms with E-state index in [1.807, 2.05) is 47.1 Å². The highest BCUT2D eigenvalue weighted by molar-refractivity contribution is 6.07. The lowest BCUT2D eigenvalue weighted by Crippen LogP contribution is -2.28. The Bertz CT molecular complexity index is 978. The summed E-state index contributed by atoms with van der Waals surface area (Å²) in [6.07, 6.45) is 6.37. The van der Waals surface area contributed by atoms with Crippen LogP contribution in [0.1, 0.15) is 47.7 Å². The molecule has 0 aliphatic rings. The molecule has 2 aromatic carbocycles. The third kappa shape index (κ3) is 5.85. The molecule has 0 spiro atoms. The predicted octanol–water partition coefficient (Wildman–Crippen LogP) is 5.51. The predicted molar refractivity (Wildman–Crippen MR) is 126 cm³/mol. The quantitative estimate of drug-likeness (QED) is 0.222. The molecule has 0 bridgehead atoms. The first-order valence-electron chi connectivity index (χ1n) is 10.8. The smallest absolute Gasteiger partial charge is 0.190 e. The van der Waals surface area contributed by atoms with Gasteiger partial charge in [-0.2, -0.15) is 5.10 Å². The third-order valence-corrected chi connectivity index (χ3v) is 5.30. The number of benzene rings is 2. The fourth-order valence-electron chi connectivity index (χ4n) is 3.63. The third-order valence-electron chi connectivity index (χ3n) is 5.30. The number of hydrogen-bond donors (Lipinski definition) is 0. The molecule has 3 rings (SSSR count). The van der Waals surface area contributed by atoms with Gasteiger partial charge < -0.3 is 9.64 Å². The number of unbranched alkanes of at least 4 members (excludes halogenated alkanes) is 2. The Hall–Kier alpha value is -3.34. The maximum absolute atomic E-state index is 12.7. The number of allylic oxidation sites excluding steroid dienone is 1. The van der Waals surface area contributed by atoms with Gasteiger partial charge in [-0.05, 0) is 35.8 Å². The molecule has 5 heteroatoms. The first-order chi connectivity index (χ1) is 15.2. The van der Waals surface area contributed by atoms with Crippen molar-refractivity contribution < 1.29 is 9.53 Å². The van der Waals surface area contributed by atoms with Crippen LogP contribution in [0.5, 0.6) is 5.75 Å². The molecule has 31 heavy (non-hydrogen) atoms. The summed E-state index contributed by atoms with van der Waals surface area (Å²) in [6.45, 7) is 8.03. The molecule has 0 saturated carbocycles. The van der Waals surface area contributed by atoms with E-state index in [1.54, 1.807) is 13.3 Å². The minimum absolute atomic E-state index is 0.107. The second kappa shape index (κ2) is 11.2. The number of methoxy groups -OCH3 is 1. The average Bonchev–Trinajstić information content (AvgIpc) is 3.22. The molecule has 0 unspecified atom stereocenters. The van der Waals surface area contributed by atoms with E-state index >= 15 is 0 Å². The maximum Gasteiger partial charge on any atom is 0.190 e. The maximum atomic E-state index is 12.7. The van der Waals surface area contributed by atoms with Crippen molar-refractivity contribution >= 4 is 11.6 Å². The van der Waals surface area contributed by atoms with E-state index in [1.165, 1.54) is 11.6 Å². The number of rotatable bonds is 12. The van der Waals surface area contributed by atoms with Crippen LogP contribution in [0.4, 0.5) is 5.82 Å². The fourth-order valence-corrected chi connectivity index (χ4v) is 3.63. The fraction of sp³-hybridized carbons (Fsp3) is 0.308. The zero-order valence-corrected chi connectivity index (χ0v) is 18.5. The molecule has 0 amide bonds. The van der Waals surface area contributed by atoms with Crippen LogP contribution in [0.3, 0.4) is 0 Å². The lowest BCUT2D eigenvalue weighted by atomic mass is 10.1. The average molecular weight is 418 g/mol. The summed E-state index contributed by atoms with van der Waals surface area (Å²) < 4.78 is 7.19. The minimum atomic E-state index is -0.107. The van der Waals surface area contributed by atoms with Crippen molar-refractivity contribution in [3.05, 3.63) is 90.1 Å². The minimum Gasteiger partial charge on any atom is -0.497 e. The number of anilines is 1. The number of ether oxygens (including phenoxy) is 1. The second-order valence-electron chi connectivity index (χ2n) is 7.57. The molecule has 1 aromatic heterocycles. The van der Waals surface area contributed by atoms with Gasteiger partial charge in [0.05, 0.1) is 25.4 Å². The summed E-state index contributed by atoms with van der Waals surface area (Å²) in [5.74, 6) is 1.56. The van der Waals surface area contributed by atoms with E-state index in [-0.39, 0.29) is 5.78 Å². The van der Waals surface area contributed by atoms with Gasteiger partial charge in [0, 0.05) is 13.1 Å². The molecule has 5 nitrogen and oxygen atoms in total. The van der Waals surface area contributed by atoms with Gasteiger partial charge in [0.25, 0.3) is 0 Å². The molecule has 0 fully saturated rings. The van der Waals surface area contributed by atoms with E-state index in [0.29, 0.717) is 12.1 Å². The van der Waals surface area contributed by atoms with E-state index in [0.717, 1.165) is 49.5 Å². The van der Waals surface area contributed by atoms with Gasteiger partial charge >= 0.3 is 0 Å². The van der Waals surface area contributed by atoms with Crippen LogP contribution in [0, 0.1) is 0 Å². The number of nitrogens with zero attached hydrogens (tertiary/aromatic N) is 3. The van der Waals surface area contributed by atoms with Gasteiger partial charge in [-0.25, -0.2) is 4.68 Å². The van der Waals surface area contributed by atoms with Crippen molar-refractivity contribution in [2.24, 2.45) is 0 Å². The zero-order valence-electron chi connectivity index (χ0n) is 18.5. The number of aromatic nitrogens is 2. The molecular formula is C26H31N3O2. The van der Waals surface area contributed by atoms with E-state index in [2.05, 4.69) is 35.6 Å². The Morgan fingerprint density at radius 1 is 1.10 bits per heavy atom. The summed E-state index contributed by atoms with van der Waals surface area (Å²) in [6, 6.07) is 18.3. The summed E-state index contributed by atoms with van der Waals surface area (Å²) in [7, 11) is 1.66. The van der Waals surface area contributed by atoms with Gasteiger partial charge in [0.1, 0.15) is 11.6 Å². The Labute approximate surface area is 185 Å². The van der Waals surface area contributed by atoms with Crippen molar-refractivity contribution in [2.75, 3.05) is 18.6 Å². The molecule has 0 N–H and O–H groups in total. The van der Waals surface area contributed by atoms with Crippen molar-refractivity contribution in [1.29, 1.82) is 0 Å². The Kier molecular flexibility index (Phi) is 8.05. The normalized spacial score (nSPS) is 10.6. The second-order valence-corrected chi connectivity index (χ2v) is 7.57. The first-order valence-corrected chi connectivity index (χ1v) is 10.8. The van der Waals surface area contributed by atoms with Crippen LogP contribution in [0.15, 0.2) is 73.4 Å². The highest BCUT2D eigenvalue weighted by atomic mass is 16.5. The number of hydrogen-bond acceptors (Lipinski definition) is 4. The van der Waals surface area contributed by atoms with Crippen LogP contribution < -0.4 is 9.64 Å². The summed E-state index contributed by atoms with van der Waals surface area (Å²) >= 11 is 0. The number of carbonyl (C=O) groups excluding carboxylic acids is 1. The molecule has 3 aromatic rings. The number of carbonyl (C=O) groups is 1. The molecular weight excluding hydrogens is 386 g/mol. The highest BCUT2D eigenvalue weighted by Crippen LogP contribution is 2.26. The van der Waals surface area contributed by atoms with E-state index in [4.69, 9.17) is 4.74 Å². The molecule has 162 valence electrons. The lowest BCUT2D eigenvalue weighted by molar-refractivity contribution is 0.104. The van der Waals surface area contributed by atoms with E-state index in [9.17, 15) is 4.79 Å². The molecule has 1 heterocycles. The van der Waals surface area contributed by atoms with E-state index < -0.39 is 0 Å². The van der Waals surface area contributed by atoms with Gasteiger partial charge in [-0.3, -0.25) is 4.79 Å². The van der Waals surface area contributed by atoms with Crippen LogP contribution in [-0.2, 0) is 13.1 Å². The molecule has 0 saturated heterocycles. The van der Waals surface area contributed by atoms with Gasteiger partial charge in [-0.15, -0.1) is 0 Å². The van der Waals surface area contributed by atoms with Crippen LogP contribution in [0.2, 0.25) is 0 Å². The van der Waals surface area contributed by atoms with Crippen molar-refractivity contribution in [2.45, 2.75) is 39.3 Å². The zero-order chi connectivity index (χ0) is 22.1. The SMILES string of the molecule is C=CC(=O)c1cnn(Cc2ccc(OC)cc2)c1N(CCCCC)Cc1ccccc1. The topological polar surface area (TPSA) is 47.4 Å². The Balaban J connectivity index is 1.98. The molecule has 0 aliphatic carbocycles. The van der Waals surface area contributed by atoms with Gasteiger partial charge in [0.15, 0.2) is 5.78 Å². The first kappa shape index (κ1) is 22.3. The monoisotopic (exact) mass is 417 g/mol. The van der Waals surface area contributed by atoms with Gasteiger partial charge in [-0.1, -0.05) is 68.8 Å². The highest BCUT2D eigenvalue weighted by Gasteiger charge is 2.22. The molecule has 0 radical (unpaired) electrons. The van der Waals surface area contributed by atoms with Crippen LogP contribution >= 0.6 is 0 Å². The number of ketones is 1. The largest absolute Gasteiger partial charge is 0.497 e. The van der Waals surface area contributed by atoms with Crippen LogP contribution in [0.25, 0.3) is 0 Å². The van der Waals surface area contributed by atoms with Crippen molar-refractivity contribution in [3.63, 3.8) is 0 Å². The summed E-state index contributed by atoms with van der Waals surface area (Å²) in [4.78, 5) is 14.9. The summed E-state index contributed by atoms with van der Waals surface area (Å²) in [5.41, 5.74) is 2.89. The lowest BCUT2D eigenvalue weighted by Gasteiger charge is -2.27. The molecule has 0 aliphatic heterocycles. The summed E-state index contributed by atoms with van der Waals surface area (Å²) in [5, 5.41) is 4.59.